The maximum Gasteiger partial charge on any atom is 0.235 e. The molecule has 0 spiro atoms. The Morgan fingerprint density at radius 2 is 2.06 bits per heavy atom. The summed E-state index contributed by atoms with van der Waals surface area (Å²) in [5.74, 6) is -0.268. The summed E-state index contributed by atoms with van der Waals surface area (Å²) in [5, 5.41) is 12.9. The van der Waals surface area contributed by atoms with Gasteiger partial charge in [0, 0.05) is 25.7 Å². The minimum atomic E-state index is -0.757. The number of hydrogen-bond donors (Lipinski definition) is 2. The van der Waals surface area contributed by atoms with E-state index in [4.69, 9.17) is 11.6 Å². The van der Waals surface area contributed by atoms with Crippen LogP contribution in [0.3, 0.4) is 0 Å². The van der Waals surface area contributed by atoms with Crippen molar-refractivity contribution in [2.45, 2.75) is 38.3 Å². The zero-order valence-electron chi connectivity index (χ0n) is 10.0. The van der Waals surface area contributed by atoms with Crippen molar-refractivity contribution in [2.24, 2.45) is 0 Å². The molecule has 0 saturated carbocycles. The Morgan fingerprint density at radius 3 is 2.50 bits per heavy atom. The summed E-state index contributed by atoms with van der Waals surface area (Å²) in [4.78, 5) is 13.3. The molecule has 0 atom stereocenters. The Bertz CT molecular complexity index is 238. The molecular formula is C11H21ClN2O2. The standard InChI is InChI=1S/C11H21ClN2O2/c1-9(2)14-5-3-11(16,4-6-14)8-13-10(15)7-12/h9,16H,3-8H2,1-2H3,(H,13,15). The first-order valence-electron chi connectivity index (χ1n) is 5.76. The molecule has 94 valence electrons. The van der Waals surface area contributed by atoms with Crippen LogP contribution >= 0.6 is 11.6 Å². The summed E-state index contributed by atoms with van der Waals surface area (Å²) in [6.45, 7) is 6.37. The molecule has 16 heavy (non-hydrogen) atoms. The summed E-state index contributed by atoms with van der Waals surface area (Å²) in [6, 6.07) is 0.516. The maximum absolute atomic E-state index is 11.0. The first-order chi connectivity index (χ1) is 7.47. The van der Waals surface area contributed by atoms with Gasteiger partial charge < -0.3 is 15.3 Å². The third-order valence-corrected chi connectivity index (χ3v) is 3.44. The van der Waals surface area contributed by atoms with Gasteiger partial charge in [-0.15, -0.1) is 11.6 Å². The van der Waals surface area contributed by atoms with Crippen LogP contribution in [-0.4, -0.2) is 53.1 Å². The second-order valence-electron chi connectivity index (χ2n) is 4.76. The van der Waals surface area contributed by atoms with Crippen LogP contribution in [0, 0.1) is 0 Å². The summed E-state index contributed by atoms with van der Waals surface area (Å²) < 4.78 is 0. The fraction of sp³-hybridized carbons (Fsp3) is 0.909. The molecule has 0 radical (unpaired) electrons. The van der Waals surface area contributed by atoms with Crippen molar-refractivity contribution in [1.29, 1.82) is 0 Å². The molecule has 2 N–H and O–H groups in total. The molecule has 0 aromatic heterocycles. The molecule has 1 rings (SSSR count). The quantitative estimate of drug-likeness (QED) is 0.716. The number of piperidine rings is 1. The van der Waals surface area contributed by atoms with E-state index >= 15 is 0 Å². The molecule has 0 aliphatic carbocycles. The molecule has 0 bridgehead atoms. The minimum Gasteiger partial charge on any atom is -0.388 e. The zero-order chi connectivity index (χ0) is 12.2. The Hall–Kier alpha value is -0.320. The van der Waals surface area contributed by atoms with Crippen molar-refractivity contribution in [3.8, 4) is 0 Å². The SMILES string of the molecule is CC(C)N1CCC(O)(CNC(=O)CCl)CC1. The molecular weight excluding hydrogens is 228 g/mol. The lowest BCUT2D eigenvalue weighted by molar-refractivity contribution is -0.120. The number of carbonyl (C=O) groups is 1. The van der Waals surface area contributed by atoms with E-state index in [0.717, 1.165) is 13.1 Å². The third-order valence-electron chi connectivity index (χ3n) is 3.20. The molecule has 1 aliphatic rings. The van der Waals surface area contributed by atoms with E-state index in [1.54, 1.807) is 0 Å². The van der Waals surface area contributed by atoms with Crippen LogP contribution < -0.4 is 5.32 Å². The van der Waals surface area contributed by atoms with E-state index in [0.29, 0.717) is 25.4 Å². The van der Waals surface area contributed by atoms with Gasteiger partial charge in [0.2, 0.25) is 5.91 Å². The Labute approximate surface area is 102 Å². The van der Waals surface area contributed by atoms with E-state index in [1.807, 2.05) is 0 Å². The van der Waals surface area contributed by atoms with Gasteiger partial charge in [0.05, 0.1) is 5.60 Å². The molecule has 1 fully saturated rings. The van der Waals surface area contributed by atoms with Gasteiger partial charge in [-0.2, -0.15) is 0 Å². The highest BCUT2D eigenvalue weighted by atomic mass is 35.5. The number of nitrogens with zero attached hydrogens (tertiary/aromatic N) is 1. The van der Waals surface area contributed by atoms with E-state index in [2.05, 4.69) is 24.1 Å². The predicted molar refractivity (Wildman–Crippen MR) is 64.6 cm³/mol. The van der Waals surface area contributed by atoms with Crippen LogP contribution in [-0.2, 0) is 4.79 Å². The highest BCUT2D eigenvalue weighted by Crippen LogP contribution is 2.22. The maximum atomic E-state index is 11.0. The van der Waals surface area contributed by atoms with Crippen molar-refractivity contribution in [3.63, 3.8) is 0 Å². The van der Waals surface area contributed by atoms with Gasteiger partial charge in [0.15, 0.2) is 0 Å². The molecule has 1 heterocycles. The fourth-order valence-electron chi connectivity index (χ4n) is 1.94. The van der Waals surface area contributed by atoms with Gasteiger partial charge in [0.25, 0.3) is 0 Å². The highest BCUT2D eigenvalue weighted by Gasteiger charge is 2.33. The lowest BCUT2D eigenvalue weighted by atomic mass is 9.91. The van der Waals surface area contributed by atoms with Crippen molar-refractivity contribution >= 4 is 17.5 Å². The number of alkyl halides is 1. The van der Waals surface area contributed by atoms with Crippen LogP contribution in [0.1, 0.15) is 26.7 Å². The predicted octanol–water partition coefficient (Wildman–Crippen LogP) is 0.577. The Morgan fingerprint density at radius 1 is 1.50 bits per heavy atom. The molecule has 4 nitrogen and oxygen atoms in total. The lowest BCUT2D eigenvalue weighted by Gasteiger charge is -2.40. The topological polar surface area (TPSA) is 52.6 Å². The smallest absolute Gasteiger partial charge is 0.235 e. The number of likely N-dealkylation sites (tertiary alicyclic amines) is 1. The van der Waals surface area contributed by atoms with Gasteiger partial charge in [-0.05, 0) is 26.7 Å². The minimum absolute atomic E-state index is 0.0474. The van der Waals surface area contributed by atoms with Crippen LogP contribution in [0.5, 0.6) is 0 Å². The molecule has 5 heteroatoms. The second-order valence-corrected chi connectivity index (χ2v) is 5.03. The summed E-state index contributed by atoms with van der Waals surface area (Å²) in [5.41, 5.74) is -0.757. The van der Waals surface area contributed by atoms with Crippen molar-refractivity contribution in [1.82, 2.24) is 10.2 Å². The van der Waals surface area contributed by atoms with Crippen molar-refractivity contribution < 1.29 is 9.90 Å². The molecule has 0 aromatic carbocycles. The first kappa shape index (κ1) is 13.7. The molecule has 0 unspecified atom stereocenters. The lowest BCUT2D eigenvalue weighted by Crippen LogP contribution is -2.52. The number of hydrogen-bond acceptors (Lipinski definition) is 3. The van der Waals surface area contributed by atoms with Gasteiger partial charge in [-0.3, -0.25) is 4.79 Å². The fourth-order valence-corrected chi connectivity index (χ4v) is 2.04. The van der Waals surface area contributed by atoms with Gasteiger partial charge in [-0.1, -0.05) is 0 Å². The molecule has 1 aliphatic heterocycles. The first-order valence-corrected chi connectivity index (χ1v) is 6.29. The summed E-state index contributed by atoms with van der Waals surface area (Å²) >= 11 is 5.38. The molecule has 1 saturated heterocycles. The van der Waals surface area contributed by atoms with Gasteiger partial charge >= 0.3 is 0 Å². The summed E-state index contributed by atoms with van der Waals surface area (Å²) in [6.07, 6.45) is 1.40. The van der Waals surface area contributed by atoms with Crippen molar-refractivity contribution in [2.75, 3.05) is 25.5 Å². The largest absolute Gasteiger partial charge is 0.388 e. The van der Waals surface area contributed by atoms with E-state index in [-0.39, 0.29) is 11.8 Å². The van der Waals surface area contributed by atoms with Gasteiger partial charge in [0.1, 0.15) is 5.88 Å². The Balaban J connectivity index is 2.35. The normalized spacial score (nSPS) is 21.1. The van der Waals surface area contributed by atoms with E-state index in [9.17, 15) is 9.90 Å². The van der Waals surface area contributed by atoms with Crippen LogP contribution in [0.2, 0.25) is 0 Å². The number of aliphatic hydroxyl groups is 1. The highest BCUT2D eigenvalue weighted by molar-refractivity contribution is 6.27. The zero-order valence-corrected chi connectivity index (χ0v) is 10.8. The van der Waals surface area contributed by atoms with Crippen LogP contribution in [0.4, 0.5) is 0 Å². The number of halogens is 1. The number of amides is 1. The monoisotopic (exact) mass is 248 g/mol. The number of carbonyl (C=O) groups excluding carboxylic acids is 1. The molecule has 0 aromatic rings. The average molecular weight is 249 g/mol. The number of rotatable bonds is 4. The average Bonchev–Trinajstić information content (AvgIpc) is 2.26. The van der Waals surface area contributed by atoms with Crippen LogP contribution in [0.15, 0.2) is 0 Å². The number of nitrogens with one attached hydrogen (secondary N) is 1. The van der Waals surface area contributed by atoms with Gasteiger partial charge in [-0.25, -0.2) is 0 Å². The molecule has 1 amide bonds. The Kier molecular flexibility index (Phi) is 5.02. The van der Waals surface area contributed by atoms with E-state index in [1.165, 1.54) is 0 Å². The van der Waals surface area contributed by atoms with Crippen LogP contribution in [0.25, 0.3) is 0 Å². The van der Waals surface area contributed by atoms with Crippen molar-refractivity contribution in [3.05, 3.63) is 0 Å². The van der Waals surface area contributed by atoms with E-state index < -0.39 is 5.60 Å². The summed E-state index contributed by atoms with van der Waals surface area (Å²) in [7, 11) is 0. The second kappa shape index (κ2) is 5.84. The third kappa shape index (κ3) is 3.92.